The van der Waals surface area contributed by atoms with Gasteiger partial charge in [-0.1, -0.05) is 50.1 Å². The molecule has 0 heteroatoms. The lowest BCUT2D eigenvalue weighted by Gasteiger charge is -1.56. The summed E-state index contributed by atoms with van der Waals surface area (Å²) in [6.45, 7) is 12.1. The SMILES string of the molecule is C=CC=C.C=CC=CC. The summed E-state index contributed by atoms with van der Waals surface area (Å²) in [5.41, 5.74) is 0. The molecule has 0 bridgehead atoms. The van der Waals surface area contributed by atoms with Gasteiger partial charge < -0.3 is 0 Å². The second-order valence-electron chi connectivity index (χ2n) is 1.23. The molecule has 0 aliphatic carbocycles. The van der Waals surface area contributed by atoms with E-state index in [1.807, 2.05) is 19.1 Å². The summed E-state index contributed by atoms with van der Waals surface area (Å²) in [7, 11) is 0. The zero-order valence-corrected chi connectivity index (χ0v) is 6.01. The Morgan fingerprint density at radius 3 is 1.33 bits per heavy atom. The molecule has 0 aromatic carbocycles. The minimum absolute atomic E-state index is 1.64. The molecule has 9 heavy (non-hydrogen) atoms. The van der Waals surface area contributed by atoms with E-state index in [0.717, 1.165) is 0 Å². The van der Waals surface area contributed by atoms with Crippen LogP contribution in [0.3, 0.4) is 0 Å². The molecule has 0 saturated heterocycles. The number of hydrogen-bond donors (Lipinski definition) is 0. The first-order valence-corrected chi connectivity index (χ1v) is 2.80. The van der Waals surface area contributed by atoms with Crippen LogP contribution >= 0.6 is 0 Å². The first-order chi connectivity index (χ1) is 4.33. The number of hydrogen-bond acceptors (Lipinski definition) is 0. The Balaban J connectivity index is 0. The molecule has 0 fully saturated rings. The molecule has 0 N–H and O–H groups in total. The van der Waals surface area contributed by atoms with Crippen LogP contribution in [0.5, 0.6) is 0 Å². The molecule has 0 rings (SSSR count). The Morgan fingerprint density at radius 2 is 1.33 bits per heavy atom. The zero-order valence-electron chi connectivity index (χ0n) is 6.01. The largest absolute Gasteiger partial charge is 0.0991 e. The van der Waals surface area contributed by atoms with Crippen molar-refractivity contribution in [2.24, 2.45) is 0 Å². The Kier molecular flexibility index (Phi) is 19.0. The Labute approximate surface area is 57.9 Å². The van der Waals surface area contributed by atoms with Gasteiger partial charge in [-0.25, -0.2) is 0 Å². The maximum absolute atomic E-state index is 3.46. The molecule has 0 aromatic rings. The van der Waals surface area contributed by atoms with Crippen LogP contribution in [0.2, 0.25) is 0 Å². The van der Waals surface area contributed by atoms with Crippen LogP contribution in [-0.2, 0) is 0 Å². The molecule has 0 atom stereocenters. The van der Waals surface area contributed by atoms with Crippen LogP contribution in [0.4, 0.5) is 0 Å². The smallest absolute Gasteiger partial charge is 0.0467 e. The van der Waals surface area contributed by atoms with Crippen LogP contribution in [0.1, 0.15) is 6.92 Å². The minimum atomic E-state index is 1.64. The molecular formula is C9H14. The molecule has 0 spiro atoms. The first kappa shape index (κ1) is 10.9. The first-order valence-electron chi connectivity index (χ1n) is 2.80. The van der Waals surface area contributed by atoms with E-state index in [-0.39, 0.29) is 0 Å². The third-order valence-electron chi connectivity index (χ3n) is 0.495. The topological polar surface area (TPSA) is 0 Å². The summed E-state index contributed by atoms with van der Waals surface area (Å²) in [6, 6.07) is 0. The van der Waals surface area contributed by atoms with E-state index in [4.69, 9.17) is 0 Å². The minimum Gasteiger partial charge on any atom is -0.0991 e. The molecule has 0 nitrogen and oxygen atoms in total. The molecule has 50 valence electrons. The highest BCUT2D eigenvalue weighted by atomic mass is 13.5. The lowest BCUT2D eigenvalue weighted by atomic mass is 10.5. The summed E-state index contributed by atoms with van der Waals surface area (Å²) in [5.74, 6) is 0. The van der Waals surface area contributed by atoms with Gasteiger partial charge in [0.2, 0.25) is 0 Å². The summed E-state index contributed by atoms with van der Waals surface area (Å²) >= 11 is 0. The molecule has 0 aromatic heterocycles. The normalized spacial score (nSPS) is 7.22. The van der Waals surface area contributed by atoms with E-state index in [9.17, 15) is 0 Å². The second-order valence-corrected chi connectivity index (χ2v) is 1.23. The summed E-state index contributed by atoms with van der Waals surface area (Å²) in [4.78, 5) is 0. The summed E-state index contributed by atoms with van der Waals surface area (Å²) in [6.07, 6.45) is 8.85. The van der Waals surface area contributed by atoms with Gasteiger partial charge in [-0.05, 0) is 6.92 Å². The van der Waals surface area contributed by atoms with Gasteiger partial charge in [0.05, 0.1) is 0 Å². The van der Waals surface area contributed by atoms with Gasteiger partial charge in [0.1, 0.15) is 0 Å². The predicted octanol–water partition coefficient (Wildman–Crippen LogP) is 3.11. The standard InChI is InChI=1S/C5H8.C4H6/c1-3-5-4-2;1-3-4-2/h3-5H,1H2,2H3;3-4H,1-2H2. The fourth-order valence-corrected chi connectivity index (χ4v) is 0.136. The van der Waals surface area contributed by atoms with Crippen molar-refractivity contribution < 1.29 is 0 Å². The average molecular weight is 122 g/mol. The molecule has 0 heterocycles. The van der Waals surface area contributed by atoms with Crippen LogP contribution in [0.25, 0.3) is 0 Å². The Hall–Kier alpha value is -1.04. The summed E-state index contributed by atoms with van der Waals surface area (Å²) < 4.78 is 0. The van der Waals surface area contributed by atoms with Gasteiger partial charge in [-0.15, -0.1) is 0 Å². The van der Waals surface area contributed by atoms with Crippen LogP contribution < -0.4 is 0 Å². The van der Waals surface area contributed by atoms with E-state index >= 15 is 0 Å². The van der Waals surface area contributed by atoms with E-state index < -0.39 is 0 Å². The van der Waals surface area contributed by atoms with Crippen molar-refractivity contribution in [1.82, 2.24) is 0 Å². The van der Waals surface area contributed by atoms with Gasteiger partial charge in [-0.3, -0.25) is 0 Å². The monoisotopic (exact) mass is 122 g/mol. The van der Waals surface area contributed by atoms with Crippen molar-refractivity contribution in [3.63, 3.8) is 0 Å². The van der Waals surface area contributed by atoms with Gasteiger partial charge in [0.15, 0.2) is 0 Å². The van der Waals surface area contributed by atoms with Crippen molar-refractivity contribution in [3.8, 4) is 0 Å². The molecule has 0 amide bonds. The zero-order chi connectivity index (χ0) is 7.54. The van der Waals surface area contributed by atoms with Gasteiger partial charge >= 0.3 is 0 Å². The Bertz CT molecular complexity index is 90.6. The lowest BCUT2D eigenvalue weighted by Crippen LogP contribution is -1.33. The fraction of sp³-hybridized carbons (Fsp3) is 0.111. The van der Waals surface area contributed by atoms with E-state index in [1.165, 1.54) is 0 Å². The quantitative estimate of drug-likeness (QED) is 0.494. The van der Waals surface area contributed by atoms with Gasteiger partial charge in [0.25, 0.3) is 0 Å². The predicted molar refractivity (Wildman–Crippen MR) is 45.4 cm³/mol. The highest BCUT2D eigenvalue weighted by Crippen LogP contribution is 1.64. The number of allylic oxidation sites excluding steroid dienone is 5. The Morgan fingerprint density at radius 1 is 0.889 bits per heavy atom. The van der Waals surface area contributed by atoms with Crippen LogP contribution in [0, 0.1) is 0 Å². The van der Waals surface area contributed by atoms with Crippen molar-refractivity contribution in [1.29, 1.82) is 0 Å². The third-order valence-corrected chi connectivity index (χ3v) is 0.495. The second kappa shape index (κ2) is 15.8. The highest BCUT2D eigenvalue weighted by molar-refractivity contribution is 4.94. The van der Waals surface area contributed by atoms with Crippen LogP contribution in [-0.4, -0.2) is 0 Å². The van der Waals surface area contributed by atoms with Gasteiger partial charge in [-0.2, -0.15) is 0 Å². The summed E-state index contributed by atoms with van der Waals surface area (Å²) in [5, 5.41) is 0. The third kappa shape index (κ3) is 44.6. The maximum Gasteiger partial charge on any atom is -0.0467 e. The van der Waals surface area contributed by atoms with E-state index in [2.05, 4.69) is 19.7 Å². The van der Waals surface area contributed by atoms with Crippen LogP contribution in [0.15, 0.2) is 50.1 Å². The molecule has 0 unspecified atom stereocenters. The van der Waals surface area contributed by atoms with E-state index in [0.29, 0.717) is 0 Å². The lowest BCUT2D eigenvalue weighted by molar-refractivity contribution is 1.74. The molecule has 0 aliphatic rings. The molecular weight excluding hydrogens is 108 g/mol. The van der Waals surface area contributed by atoms with Crippen molar-refractivity contribution in [3.05, 3.63) is 50.1 Å². The molecule has 0 radical (unpaired) electrons. The number of rotatable bonds is 2. The highest BCUT2D eigenvalue weighted by Gasteiger charge is 1.42. The average Bonchev–Trinajstić information content (AvgIpc) is 1.91. The molecule has 0 aliphatic heterocycles. The maximum atomic E-state index is 3.46. The fourth-order valence-electron chi connectivity index (χ4n) is 0.136. The van der Waals surface area contributed by atoms with E-state index in [1.54, 1.807) is 18.2 Å². The molecule has 0 saturated carbocycles. The van der Waals surface area contributed by atoms with Crippen molar-refractivity contribution >= 4 is 0 Å². The van der Waals surface area contributed by atoms with Gasteiger partial charge in [0, 0.05) is 0 Å². The van der Waals surface area contributed by atoms with Crippen molar-refractivity contribution in [2.45, 2.75) is 6.92 Å². The van der Waals surface area contributed by atoms with Crippen molar-refractivity contribution in [2.75, 3.05) is 0 Å².